The molecule has 1 aromatic heterocycles. The SMILES string of the molecule is CC=C(C)C(=O)OC(C)(C)[C@@H]1Oc2ccc3ccc(=O)oc3c2[C@H]1OC(=O)C(C)C. The van der Waals surface area contributed by atoms with Crippen molar-refractivity contribution in [2.45, 2.75) is 59.4 Å². The van der Waals surface area contributed by atoms with E-state index in [4.69, 9.17) is 18.6 Å². The highest BCUT2D eigenvalue weighted by molar-refractivity contribution is 5.88. The zero-order valence-corrected chi connectivity index (χ0v) is 18.0. The Balaban J connectivity index is 2.10. The van der Waals surface area contributed by atoms with Crippen LogP contribution in [-0.4, -0.2) is 23.6 Å². The number of hydrogen-bond donors (Lipinski definition) is 0. The van der Waals surface area contributed by atoms with Gasteiger partial charge in [-0.1, -0.05) is 19.9 Å². The van der Waals surface area contributed by atoms with Crippen molar-refractivity contribution in [2.24, 2.45) is 5.92 Å². The molecule has 0 N–H and O–H groups in total. The Hall–Kier alpha value is -3.09. The number of hydrogen-bond acceptors (Lipinski definition) is 7. The number of fused-ring (bicyclic) bond motifs is 3. The van der Waals surface area contributed by atoms with Gasteiger partial charge in [0.15, 0.2) is 12.2 Å². The summed E-state index contributed by atoms with van der Waals surface area (Å²) in [6.45, 7) is 10.2. The highest BCUT2D eigenvalue weighted by atomic mass is 16.6. The number of ether oxygens (including phenoxy) is 3. The molecule has 0 aliphatic carbocycles. The van der Waals surface area contributed by atoms with Gasteiger partial charge in [0, 0.05) is 17.0 Å². The first kappa shape index (κ1) is 21.6. The molecule has 7 nitrogen and oxygen atoms in total. The summed E-state index contributed by atoms with van der Waals surface area (Å²) in [5.41, 5.74) is -0.482. The van der Waals surface area contributed by atoms with Crippen molar-refractivity contribution in [3.05, 3.63) is 51.9 Å². The number of esters is 2. The molecule has 0 fully saturated rings. The summed E-state index contributed by atoms with van der Waals surface area (Å²) in [5.74, 6) is -0.904. The summed E-state index contributed by atoms with van der Waals surface area (Å²) in [4.78, 5) is 36.7. The van der Waals surface area contributed by atoms with E-state index >= 15 is 0 Å². The Bertz CT molecular complexity index is 1070. The second-order valence-electron chi connectivity index (χ2n) is 8.17. The van der Waals surface area contributed by atoms with Gasteiger partial charge in [-0.05, 0) is 45.9 Å². The molecule has 30 heavy (non-hydrogen) atoms. The third kappa shape index (κ3) is 3.97. The minimum Gasteiger partial charge on any atom is -0.481 e. The van der Waals surface area contributed by atoms with E-state index in [9.17, 15) is 14.4 Å². The monoisotopic (exact) mass is 414 g/mol. The van der Waals surface area contributed by atoms with E-state index in [2.05, 4.69) is 0 Å². The fraction of sp³-hybridized carbons (Fsp3) is 0.435. The lowest BCUT2D eigenvalue weighted by atomic mass is 9.93. The highest BCUT2D eigenvalue weighted by Crippen LogP contribution is 2.47. The average Bonchev–Trinajstić information content (AvgIpc) is 3.06. The van der Waals surface area contributed by atoms with E-state index in [1.807, 2.05) is 0 Å². The van der Waals surface area contributed by atoms with Gasteiger partial charge in [-0.15, -0.1) is 0 Å². The molecular formula is C23H26O7. The van der Waals surface area contributed by atoms with E-state index in [0.29, 0.717) is 22.3 Å². The molecule has 0 saturated heterocycles. The zero-order valence-electron chi connectivity index (χ0n) is 18.0. The van der Waals surface area contributed by atoms with Gasteiger partial charge in [-0.2, -0.15) is 0 Å². The molecule has 160 valence electrons. The van der Waals surface area contributed by atoms with Gasteiger partial charge >= 0.3 is 17.6 Å². The zero-order chi connectivity index (χ0) is 22.2. The second-order valence-corrected chi connectivity index (χ2v) is 8.17. The third-order valence-corrected chi connectivity index (χ3v) is 5.11. The first-order chi connectivity index (χ1) is 14.0. The Morgan fingerprint density at radius 2 is 1.83 bits per heavy atom. The molecule has 2 aromatic rings. The fourth-order valence-corrected chi connectivity index (χ4v) is 3.24. The quantitative estimate of drug-likeness (QED) is 0.413. The van der Waals surface area contributed by atoms with Crippen LogP contribution in [-0.2, 0) is 19.1 Å². The topological polar surface area (TPSA) is 92.0 Å². The van der Waals surface area contributed by atoms with Crippen LogP contribution in [0.3, 0.4) is 0 Å². The number of carbonyl (C=O) groups is 2. The summed E-state index contributed by atoms with van der Waals surface area (Å²) in [5, 5.41) is 0.669. The number of benzene rings is 1. The Morgan fingerprint density at radius 1 is 1.17 bits per heavy atom. The number of rotatable bonds is 5. The van der Waals surface area contributed by atoms with Crippen molar-refractivity contribution in [1.82, 2.24) is 0 Å². The van der Waals surface area contributed by atoms with E-state index in [1.54, 1.807) is 65.8 Å². The van der Waals surface area contributed by atoms with E-state index < -0.39 is 35.4 Å². The van der Waals surface area contributed by atoms with Crippen LogP contribution in [0, 0.1) is 5.92 Å². The lowest BCUT2D eigenvalue weighted by molar-refractivity contribution is -0.176. The van der Waals surface area contributed by atoms with Crippen LogP contribution in [0.1, 0.15) is 53.2 Å². The van der Waals surface area contributed by atoms with E-state index in [1.165, 1.54) is 6.07 Å². The largest absolute Gasteiger partial charge is 0.481 e. The normalized spacial score (nSPS) is 18.8. The van der Waals surface area contributed by atoms with Gasteiger partial charge in [0.1, 0.15) is 16.9 Å². The maximum absolute atomic E-state index is 12.5. The summed E-state index contributed by atoms with van der Waals surface area (Å²) in [7, 11) is 0. The van der Waals surface area contributed by atoms with Gasteiger partial charge in [-0.3, -0.25) is 4.79 Å². The lowest BCUT2D eigenvalue weighted by Gasteiger charge is -2.34. The van der Waals surface area contributed by atoms with E-state index in [0.717, 1.165) is 0 Å². The number of carbonyl (C=O) groups excluding carboxylic acids is 2. The lowest BCUT2D eigenvalue weighted by Crippen LogP contribution is -2.47. The molecule has 2 atom stereocenters. The average molecular weight is 414 g/mol. The Kier molecular flexibility index (Phi) is 5.74. The predicted octanol–water partition coefficient (Wildman–Crippen LogP) is 4.08. The van der Waals surface area contributed by atoms with Gasteiger partial charge in [0.2, 0.25) is 0 Å². The van der Waals surface area contributed by atoms with Crippen LogP contribution in [0.2, 0.25) is 0 Å². The van der Waals surface area contributed by atoms with Gasteiger partial charge in [0.05, 0.1) is 11.5 Å². The predicted molar refractivity (Wildman–Crippen MR) is 110 cm³/mol. The molecule has 7 heteroatoms. The third-order valence-electron chi connectivity index (χ3n) is 5.11. The minimum absolute atomic E-state index is 0.288. The van der Waals surface area contributed by atoms with Crippen LogP contribution in [0.5, 0.6) is 5.75 Å². The highest BCUT2D eigenvalue weighted by Gasteiger charge is 2.50. The van der Waals surface area contributed by atoms with Crippen LogP contribution in [0.15, 0.2) is 45.1 Å². The van der Waals surface area contributed by atoms with Crippen molar-refractivity contribution in [3.63, 3.8) is 0 Å². The molecule has 2 heterocycles. The first-order valence-electron chi connectivity index (χ1n) is 9.85. The molecule has 0 bridgehead atoms. The summed E-state index contributed by atoms with van der Waals surface area (Å²) < 4.78 is 23.0. The minimum atomic E-state index is -1.15. The van der Waals surface area contributed by atoms with Crippen LogP contribution in [0.4, 0.5) is 0 Å². The maximum atomic E-state index is 12.5. The van der Waals surface area contributed by atoms with E-state index in [-0.39, 0.29) is 11.5 Å². The van der Waals surface area contributed by atoms with Gasteiger partial charge < -0.3 is 18.6 Å². The van der Waals surface area contributed by atoms with Gasteiger partial charge in [0.25, 0.3) is 0 Å². The van der Waals surface area contributed by atoms with Crippen molar-refractivity contribution in [1.29, 1.82) is 0 Å². The maximum Gasteiger partial charge on any atom is 0.336 e. The molecule has 0 amide bonds. The molecular weight excluding hydrogens is 388 g/mol. The van der Waals surface area contributed by atoms with Crippen molar-refractivity contribution < 1.29 is 28.2 Å². The summed E-state index contributed by atoms with van der Waals surface area (Å²) in [6.07, 6.45) is -0.0982. The standard InChI is InChI=1S/C23H26O7/c1-7-13(4)22(26)30-23(5,6)20-19(29-21(25)12(2)3)17-15(27-20)10-8-14-9-11-16(24)28-18(14)17/h7-12,19-20H,1-6H3/t19-,20-/m1/s1. The first-order valence-corrected chi connectivity index (χ1v) is 9.85. The molecule has 1 aliphatic heterocycles. The fourth-order valence-electron chi connectivity index (χ4n) is 3.24. The Labute approximate surface area is 174 Å². The van der Waals surface area contributed by atoms with Crippen molar-refractivity contribution >= 4 is 22.9 Å². The van der Waals surface area contributed by atoms with Crippen LogP contribution in [0.25, 0.3) is 11.0 Å². The van der Waals surface area contributed by atoms with Crippen molar-refractivity contribution in [3.8, 4) is 5.75 Å². The van der Waals surface area contributed by atoms with Gasteiger partial charge in [-0.25, -0.2) is 9.59 Å². The molecule has 1 aromatic carbocycles. The summed E-state index contributed by atoms with van der Waals surface area (Å²) in [6, 6.07) is 6.44. The summed E-state index contributed by atoms with van der Waals surface area (Å²) >= 11 is 0. The number of allylic oxidation sites excluding steroid dienone is 1. The molecule has 0 saturated carbocycles. The molecule has 0 radical (unpaired) electrons. The molecule has 1 aliphatic rings. The smallest absolute Gasteiger partial charge is 0.336 e. The Morgan fingerprint density at radius 3 is 2.47 bits per heavy atom. The van der Waals surface area contributed by atoms with Crippen LogP contribution < -0.4 is 10.4 Å². The molecule has 0 unspecified atom stereocenters. The van der Waals surface area contributed by atoms with Crippen molar-refractivity contribution in [2.75, 3.05) is 0 Å². The van der Waals surface area contributed by atoms with Crippen LogP contribution >= 0.6 is 0 Å². The second kappa shape index (κ2) is 7.97. The molecule has 3 rings (SSSR count). The molecule has 0 spiro atoms.